The normalized spacial score (nSPS) is 15.1. The van der Waals surface area contributed by atoms with E-state index >= 15 is 0 Å². The van der Waals surface area contributed by atoms with Gasteiger partial charge in [0.2, 0.25) is 5.78 Å². The van der Waals surface area contributed by atoms with E-state index in [4.69, 9.17) is 9.47 Å². The lowest BCUT2D eigenvalue weighted by Crippen LogP contribution is -2.38. The predicted molar refractivity (Wildman–Crippen MR) is 120 cm³/mol. The van der Waals surface area contributed by atoms with E-state index in [2.05, 4.69) is 9.88 Å². The Bertz CT molecular complexity index is 1420. The zero-order chi connectivity index (χ0) is 22.4. The first-order valence-electron chi connectivity index (χ1n) is 10.7. The number of imidazole rings is 2. The molecule has 0 spiro atoms. The molecule has 3 aromatic heterocycles. The molecule has 10 heteroatoms. The van der Waals surface area contributed by atoms with Gasteiger partial charge >= 0.3 is 5.69 Å². The van der Waals surface area contributed by atoms with Gasteiger partial charge in [-0.25, -0.2) is 4.79 Å². The molecular weight excluding hydrogens is 412 g/mol. The molecule has 0 N–H and O–H groups in total. The maximum Gasteiger partial charge on any atom is 0.332 e. The maximum absolute atomic E-state index is 12.8. The van der Waals surface area contributed by atoms with Crippen molar-refractivity contribution in [2.75, 3.05) is 39.5 Å². The molecule has 5 rings (SSSR count). The first kappa shape index (κ1) is 20.5. The molecule has 1 aromatic carbocycles. The van der Waals surface area contributed by atoms with Crippen LogP contribution in [-0.2, 0) is 18.8 Å². The summed E-state index contributed by atoms with van der Waals surface area (Å²) >= 11 is 0. The third-order valence-corrected chi connectivity index (χ3v) is 6.02. The van der Waals surface area contributed by atoms with Crippen LogP contribution in [0.25, 0.3) is 22.6 Å². The SMILES string of the molecule is Cc1cn2c3c(=O)n(C)c(=O)n(C)c3nc2n1-c1ccccc1OCCN1CCOCC1. The Morgan fingerprint density at radius 2 is 1.84 bits per heavy atom. The second-order valence-corrected chi connectivity index (χ2v) is 8.04. The second-order valence-electron chi connectivity index (χ2n) is 8.04. The van der Waals surface area contributed by atoms with Gasteiger partial charge in [0, 0.05) is 45.6 Å². The van der Waals surface area contributed by atoms with Crippen LogP contribution in [0.1, 0.15) is 5.69 Å². The van der Waals surface area contributed by atoms with E-state index in [1.165, 1.54) is 11.6 Å². The van der Waals surface area contributed by atoms with E-state index in [9.17, 15) is 9.59 Å². The fraction of sp³-hybridized carbons (Fsp3) is 0.409. The number of para-hydroxylation sites is 2. The molecule has 10 nitrogen and oxygen atoms in total. The molecule has 0 unspecified atom stereocenters. The summed E-state index contributed by atoms with van der Waals surface area (Å²) in [7, 11) is 3.10. The minimum atomic E-state index is -0.404. The lowest BCUT2D eigenvalue weighted by atomic mass is 10.3. The number of hydrogen-bond donors (Lipinski definition) is 0. The fourth-order valence-corrected chi connectivity index (χ4v) is 4.26. The van der Waals surface area contributed by atoms with Crippen LogP contribution < -0.4 is 16.0 Å². The smallest absolute Gasteiger partial charge is 0.332 e. The maximum atomic E-state index is 12.8. The Morgan fingerprint density at radius 1 is 1.09 bits per heavy atom. The van der Waals surface area contributed by atoms with Crippen molar-refractivity contribution in [3.05, 3.63) is 57.0 Å². The van der Waals surface area contributed by atoms with E-state index in [1.54, 1.807) is 11.4 Å². The Hall–Kier alpha value is -3.37. The lowest BCUT2D eigenvalue weighted by Gasteiger charge is -2.26. The molecular formula is C22H26N6O4. The van der Waals surface area contributed by atoms with Crippen LogP contribution >= 0.6 is 0 Å². The summed E-state index contributed by atoms with van der Waals surface area (Å²) in [6.45, 7) is 6.67. The van der Waals surface area contributed by atoms with Crippen LogP contribution in [0.4, 0.5) is 0 Å². The third kappa shape index (κ3) is 3.23. The molecule has 1 aliphatic rings. The minimum absolute atomic E-state index is 0.354. The predicted octanol–water partition coefficient (Wildman–Crippen LogP) is 0.695. The van der Waals surface area contributed by atoms with Gasteiger partial charge in [0.25, 0.3) is 5.56 Å². The number of aryl methyl sites for hydroxylation is 2. The molecule has 1 fully saturated rings. The van der Waals surface area contributed by atoms with E-state index in [1.807, 2.05) is 42.0 Å². The van der Waals surface area contributed by atoms with Gasteiger partial charge in [0.1, 0.15) is 12.4 Å². The highest BCUT2D eigenvalue weighted by molar-refractivity contribution is 5.76. The lowest BCUT2D eigenvalue weighted by molar-refractivity contribution is 0.0322. The Balaban J connectivity index is 1.57. The van der Waals surface area contributed by atoms with Crippen molar-refractivity contribution in [2.24, 2.45) is 14.1 Å². The summed E-state index contributed by atoms with van der Waals surface area (Å²) in [5.74, 6) is 1.29. The highest BCUT2D eigenvalue weighted by atomic mass is 16.5. The van der Waals surface area contributed by atoms with Crippen molar-refractivity contribution in [2.45, 2.75) is 6.92 Å². The summed E-state index contributed by atoms with van der Waals surface area (Å²) in [5, 5.41) is 0. The molecule has 4 aromatic rings. The van der Waals surface area contributed by atoms with E-state index in [-0.39, 0.29) is 5.56 Å². The molecule has 4 heterocycles. The van der Waals surface area contributed by atoms with E-state index in [0.29, 0.717) is 23.5 Å². The van der Waals surface area contributed by atoms with Gasteiger partial charge in [0.05, 0.1) is 18.9 Å². The molecule has 0 saturated carbocycles. The van der Waals surface area contributed by atoms with Gasteiger partial charge in [-0.2, -0.15) is 4.98 Å². The number of rotatable bonds is 5. The van der Waals surface area contributed by atoms with Crippen molar-refractivity contribution < 1.29 is 9.47 Å². The molecule has 1 saturated heterocycles. The average Bonchev–Trinajstić information content (AvgIpc) is 3.32. The molecule has 0 bridgehead atoms. The monoisotopic (exact) mass is 438 g/mol. The van der Waals surface area contributed by atoms with Crippen LogP contribution in [0.2, 0.25) is 0 Å². The first-order valence-corrected chi connectivity index (χ1v) is 10.7. The average molecular weight is 438 g/mol. The van der Waals surface area contributed by atoms with Crippen LogP contribution in [0, 0.1) is 6.92 Å². The van der Waals surface area contributed by atoms with Gasteiger partial charge in [-0.05, 0) is 19.1 Å². The summed E-state index contributed by atoms with van der Waals surface area (Å²) in [5.41, 5.74) is 1.68. The number of ether oxygens (including phenoxy) is 2. The first-order chi connectivity index (χ1) is 15.5. The van der Waals surface area contributed by atoms with Gasteiger partial charge < -0.3 is 9.47 Å². The fourth-order valence-electron chi connectivity index (χ4n) is 4.26. The van der Waals surface area contributed by atoms with Crippen molar-refractivity contribution in [1.82, 2.24) is 28.0 Å². The standard InChI is InChI=1S/C22H26N6O4/c1-15-14-27-18-19(24(2)22(30)25(3)20(18)29)23-21(27)28(15)16-6-4-5-7-17(16)32-13-10-26-8-11-31-12-9-26/h4-7,14H,8-13H2,1-3H3. The number of nitrogens with zero attached hydrogens (tertiary/aromatic N) is 6. The van der Waals surface area contributed by atoms with Crippen molar-refractivity contribution in [3.8, 4) is 11.4 Å². The summed E-state index contributed by atoms with van der Waals surface area (Å²) in [4.78, 5) is 32.2. The highest BCUT2D eigenvalue weighted by Crippen LogP contribution is 2.28. The van der Waals surface area contributed by atoms with Gasteiger partial charge in [0.15, 0.2) is 11.2 Å². The molecule has 0 radical (unpaired) electrons. The number of hydrogen-bond acceptors (Lipinski definition) is 6. The van der Waals surface area contributed by atoms with E-state index < -0.39 is 5.69 Å². The zero-order valence-corrected chi connectivity index (χ0v) is 18.4. The number of fused-ring (bicyclic) bond motifs is 3. The van der Waals surface area contributed by atoms with Gasteiger partial charge in [-0.15, -0.1) is 0 Å². The number of morpholine rings is 1. The molecule has 32 heavy (non-hydrogen) atoms. The Morgan fingerprint density at radius 3 is 2.62 bits per heavy atom. The van der Waals surface area contributed by atoms with E-state index in [0.717, 1.165) is 54.5 Å². The quantitative estimate of drug-likeness (QED) is 0.456. The van der Waals surface area contributed by atoms with Crippen LogP contribution in [0.3, 0.4) is 0 Å². The second kappa shape index (κ2) is 7.95. The summed E-state index contributed by atoms with van der Waals surface area (Å²) < 4.78 is 17.8. The number of benzene rings is 1. The molecule has 1 aliphatic heterocycles. The largest absolute Gasteiger partial charge is 0.490 e. The topological polar surface area (TPSA) is 87.9 Å². The zero-order valence-electron chi connectivity index (χ0n) is 18.4. The molecule has 0 amide bonds. The minimum Gasteiger partial charge on any atom is -0.490 e. The van der Waals surface area contributed by atoms with Crippen molar-refractivity contribution >= 4 is 16.9 Å². The Labute approximate surface area is 183 Å². The van der Waals surface area contributed by atoms with Crippen molar-refractivity contribution in [1.29, 1.82) is 0 Å². The number of aromatic nitrogens is 5. The summed E-state index contributed by atoms with van der Waals surface area (Å²) in [6.07, 6.45) is 1.86. The van der Waals surface area contributed by atoms with Crippen LogP contribution in [0.15, 0.2) is 40.1 Å². The molecule has 0 aliphatic carbocycles. The molecule has 0 atom stereocenters. The molecule has 168 valence electrons. The Kier molecular flexibility index (Phi) is 5.10. The van der Waals surface area contributed by atoms with Crippen molar-refractivity contribution in [3.63, 3.8) is 0 Å². The van der Waals surface area contributed by atoms with Crippen LogP contribution in [-0.4, -0.2) is 67.4 Å². The van der Waals surface area contributed by atoms with Crippen LogP contribution in [0.5, 0.6) is 5.75 Å². The van der Waals surface area contributed by atoms with Gasteiger partial charge in [-0.3, -0.25) is 27.8 Å². The summed E-state index contributed by atoms with van der Waals surface area (Å²) in [6, 6.07) is 7.78. The third-order valence-electron chi connectivity index (χ3n) is 6.02. The van der Waals surface area contributed by atoms with Gasteiger partial charge in [-0.1, -0.05) is 12.1 Å². The highest BCUT2D eigenvalue weighted by Gasteiger charge is 2.21.